The number of nitrogens with one attached hydrogen (secondary N) is 2. The molecule has 19 heavy (non-hydrogen) atoms. The van der Waals surface area contributed by atoms with Crippen LogP contribution in [0.3, 0.4) is 0 Å². The monoisotopic (exact) mass is 268 g/mol. The van der Waals surface area contributed by atoms with E-state index in [1.165, 1.54) is 0 Å². The number of rotatable bonds is 4. The third-order valence-electron chi connectivity index (χ3n) is 4.06. The average molecular weight is 268 g/mol. The molecule has 2 fully saturated rings. The van der Waals surface area contributed by atoms with Crippen LogP contribution in [0.15, 0.2) is 0 Å². The molecule has 1 heterocycles. The zero-order valence-electron chi connectivity index (χ0n) is 11.0. The largest absolute Gasteiger partial charge is 0.481 e. The van der Waals surface area contributed by atoms with Crippen LogP contribution in [0.5, 0.6) is 0 Å². The van der Waals surface area contributed by atoms with Crippen LogP contribution in [0.4, 0.5) is 0 Å². The van der Waals surface area contributed by atoms with Crippen molar-refractivity contribution in [3.8, 4) is 0 Å². The highest BCUT2D eigenvalue weighted by Gasteiger charge is 2.41. The minimum absolute atomic E-state index is 0.0113. The molecule has 2 rings (SSSR count). The Morgan fingerprint density at radius 3 is 2.63 bits per heavy atom. The van der Waals surface area contributed by atoms with Crippen LogP contribution in [0, 0.1) is 17.8 Å². The van der Waals surface area contributed by atoms with Gasteiger partial charge in [-0.2, -0.15) is 0 Å². The Hall–Kier alpha value is -1.59. The molecular formula is C13H20N2O4. The van der Waals surface area contributed by atoms with Crippen LogP contribution >= 0.6 is 0 Å². The molecule has 0 aromatic carbocycles. The molecule has 0 aromatic heterocycles. The lowest BCUT2D eigenvalue weighted by atomic mass is 9.95. The molecule has 6 nitrogen and oxygen atoms in total. The van der Waals surface area contributed by atoms with Crippen molar-refractivity contribution in [1.82, 2.24) is 10.6 Å². The quantitative estimate of drug-likeness (QED) is 0.675. The smallest absolute Gasteiger partial charge is 0.307 e. The van der Waals surface area contributed by atoms with Crippen molar-refractivity contribution >= 4 is 17.8 Å². The third-order valence-corrected chi connectivity index (χ3v) is 4.06. The Morgan fingerprint density at radius 1 is 1.37 bits per heavy atom. The second-order valence-corrected chi connectivity index (χ2v) is 5.68. The summed E-state index contributed by atoms with van der Waals surface area (Å²) in [6, 6.07) is -0.0152. The average Bonchev–Trinajstić information content (AvgIpc) is 2.92. The van der Waals surface area contributed by atoms with E-state index in [0.717, 1.165) is 6.42 Å². The lowest BCUT2D eigenvalue weighted by molar-refractivity contribution is -0.146. The molecule has 2 aliphatic rings. The first-order valence-electron chi connectivity index (χ1n) is 6.77. The van der Waals surface area contributed by atoms with Gasteiger partial charge in [-0.1, -0.05) is 6.92 Å². The number of hydrogen-bond acceptors (Lipinski definition) is 3. The predicted molar refractivity (Wildman–Crippen MR) is 67.2 cm³/mol. The predicted octanol–water partition coefficient (Wildman–Crippen LogP) is 0.128. The zero-order chi connectivity index (χ0) is 14.0. The first kappa shape index (κ1) is 13.8. The molecule has 4 unspecified atom stereocenters. The lowest BCUT2D eigenvalue weighted by Crippen LogP contribution is -2.42. The van der Waals surface area contributed by atoms with Gasteiger partial charge in [-0.05, 0) is 25.2 Å². The van der Waals surface area contributed by atoms with E-state index in [-0.39, 0.29) is 23.8 Å². The Kier molecular flexibility index (Phi) is 4.07. The minimum Gasteiger partial charge on any atom is -0.481 e. The van der Waals surface area contributed by atoms with Crippen LogP contribution in [-0.4, -0.2) is 35.5 Å². The van der Waals surface area contributed by atoms with E-state index in [1.54, 1.807) is 0 Å². The van der Waals surface area contributed by atoms with Crippen LogP contribution in [0.2, 0.25) is 0 Å². The van der Waals surface area contributed by atoms with E-state index < -0.39 is 17.8 Å². The summed E-state index contributed by atoms with van der Waals surface area (Å²) in [6.07, 6.45) is 2.41. The molecule has 106 valence electrons. The van der Waals surface area contributed by atoms with Gasteiger partial charge in [0.05, 0.1) is 11.8 Å². The van der Waals surface area contributed by atoms with Gasteiger partial charge in [0.2, 0.25) is 11.8 Å². The third kappa shape index (κ3) is 3.24. The lowest BCUT2D eigenvalue weighted by Gasteiger charge is -2.17. The summed E-state index contributed by atoms with van der Waals surface area (Å²) in [5.41, 5.74) is 0. The van der Waals surface area contributed by atoms with Crippen molar-refractivity contribution < 1.29 is 19.5 Å². The van der Waals surface area contributed by atoms with Crippen LogP contribution in [0.1, 0.15) is 32.6 Å². The maximum absolute atomic E-state index is 12.1. The van der Waals surface area contributed by atoms with E-state index in [9.17, 15) is 14.4 Å². The maximum atomic E-state index is 12.1. The molecule has 6 heteroatoms. The van der Waals surface area contributed by atoms with Gasteiger partial charge in [0.1, 0.15) is 0 Å². The van der Waals surface area contributed by atoms with Gasteiger partial charge < -0.3 is 15.7 Å². The van der Waals surface area contributed by atoms with Gasteiger partial charge in [0, 0.05) is 19.0 Å². The summed E-state index contributed by atoms with van der Waals surface area (Å²) in [5, 5.41) is 14.7. The first-order valence-corrected chi connectivity index (χ1v) is 6.77. The number of amides is 2. The molecular weight excluding hydrogens is 248 g/mol. The Labute approximate surface area is 111 Å². The highest BCUT2D eigenvalue weighted by Crippen LogP contribution is 2.36. The second kappa shape index (κ2) is 5.59. The minimum atomic E-state index is -0.890. The Balaban J connectivity index is 1.85. The first-order chi connectivity index (χ1) is 8.97. The van der Waals surface area contributed by atoms with E-state index in [4.69, 9.17) is 5.11 Å². The van der Waals surface area contributed by atoms with E-state index in [0.29, 0.717) is 25.8 Å². The molecule has 1 saturated heterocycles. The van der Waals surface area contributed by atoms with Gasteiger partial charge >= 0.3 is 5.97 Å². The summed E-state index contributed by atoms with van der Waals surface area (Å²) >= 11 is 0. The highest BCUT2D eigenvalue weighted by atomic mass is 16.4. The van der Waals surface area contributed by atoms with Gasteiger partial charge in [0.25, 0.3) is 0 Å². The van der Waals surface area contributed by atoms with Crippen LogP contribution in [0.25, 0.3) is 0 Å². The number of carboxylic acids is 1. The standard InChI is InChI=1S/C13H20N2O4/c1-7-4-9(10(5-7)13(18)19)12(17)14-6-8-2-3-11(16)15-8/h7-10H,2-6H2,1H3,(H,14,17)(H,15,16)(H,18,19). The molecule has 1 aliphatic carbocycles. The summed E-state index contributed by atoms with van der Waals surface area (Å²) in [5.74, 6) is -1.82. The Morgan fingerprint density at radius 2 is 2.05 bits per heavy atom. The van der Waals surface area contributed by atoms with Gasteiger partial charge in [-0.15, -0.1) is 0 Å². The van der Waals surface area contributed by atoms with Gasteiger partial charge in [0.15, 0.2) is 0 Å². The molecule has 1 aliphatic heterocycles. The van der Waals surface area contributed by atoms with Crippen molar-refractivity contribution in [3.63, 3.8) is 0 Å². The van der Waals surface area contributed by atoms with E-state index >= 15 is 0 Å². The molecule has 0 radical (unpaired) electrons. The van der Waals surface area contributed by atoms with Gasteiger partial charge in [-0.25, -0.2) is 0 Å². The molecule has 0 spiro atoms. The van der Waals surface area contributed by atoms with E-state index in [1.807, 2.05) is 6.92 Å². The van der Waals surface area contributed by atoms with Crippen LogP contribution < -0.4 is 10.6 Å². The van der Waals surface area contributed by atoms with E-state index in [2.05, 4.69) is 10.6 Å². The summed E-state index contributed by atoms with van der Waals surface area (Å²) in [6.45, 7) is 2.36. The molecule has 0 bridgehead atoms. The van der Waals surface area contributed by atoms with Crippen LogP contribution in [-0.2, 0) is 14.4 Å². The van der Waals surface area contributed by atoms with Gasteiger partial charge in [-0.3, -0.25) is 14.4 Å². The van der Waals surface area contributed by atoms with Crippen molar-refractivity contribution in [1.29, 1.82) is 0 Å². The molecule has 0 aromatic rings. The van der Waals surface area contributed by atoms with Crippen molar-refractivity contribution in [2.75, 3.05) is 6.54 Å². The topological polar surface area (TPSA) is 95.5 Å². The maximum Gasteiger partial charge on any atom is 0.307 e. The summed E-state index contributed by atoms with van der Waals surface area (Å²) < 4.78 is 0. The second-order valence-electron chi connectivity index (χ2n) is 5.68. The summed E-state index contributed by atoms with van der Waals surface area (Å²) in [7, 11) is 0. The molecule has 1 saturated carbocycles. The Bertz CT molecular complexity index is 396. The number of carbonyl (C=O) groups excluding carboxylic acids is 2. The number of hydrogen-bond donors (Lipinski definition) is 3. The zero-order valence-corrected chi connectivity index (χ0v) is 11.0. The SMILES string of the molecule is CC1CC(C(=O)O)C(C(=O)NCC2CCC(=O)N2)C1. The highest BCUT2D eigenvalue weighted by molar-refractivity contribution is 5.85. The van der Waals surface area contributed by atoms with Crippen molar-refractivity contribution in [2.45, 2.75) is 38.6 Å². The molecule has 3 N–H and O–H groups in total. The fraction of sp³-hybridized carbons (Fsp3) is 0.769. The number of carbonyl (C=O) groups is 3. The fourth-order valence-corrected chi connectivity index (χ4v) is 3.04. The van der Waals surface area contributed by atoms with Crippen molar-refractivity contribution in [2.24, 2.45) is 17.8 Å². The molecule has 4 atom stereocenters. The summed E-state index contributed by atoms with van der Waals surface area (Å²) in [4.78, 5) is 34.2. The fourth-order valence-electron chi connectivity index (χ4n) is 3.04. The van der Waals surface area contributed by atoms with Crippen molar-refractivity contribution in [3.05, 3.63) is 0 Å². The normalized spacial score (nSPS) is 34.1. The molecule has 2 amide bonds. The number of carboxylic acid groups (broad SMARTS) is 1. The number of aliphatic carboxylic acids is 1.